The molecule has 3 nitrogen and oxygen atoms in total. The molecule has 0 N–H and O–H groups in total. The number of ether oxygens (including phenoxy) is 1. The van der Waals surface area contributed by atoms with Gasteiger partial charge in [0, 0.05) is 13.3 Å². The molecule has 0 amide bonds. The Morgan fingerprint density at radius 2 is 1.84 bits per heavy atom. The summed E-state index contributed by atoms with van der Waals surface area (Å²) in [6.45, 7) is 12.0. The van der Waals surface area contributed by atoms with Crippen LogP contribution in [0.5, 0.6) is 0 Å². The lowest BCUT2D eigenvalue weighted by Crippen LogP contribution is -2.24. The molecule has 1 aliphatic rings. The average Bonchev–Trinajstić information content (AvgIpc) is 2.50. The number of ketones is 1. The zero-order chi connectivity index (χ0) is 19.0. The van der Waals surface area contributed by atoms with Crippen LogP contribution >= 0.6 is 0 Å². The Kier molecular flexibility index (Phi) is 7.82. The van der Waals surface area contributed by atoms with Crippen LogP contribution in [0.2, 0.25) is 0 Å². The normalized spacial score (nSPS) is 19.2. The van der Waals surface area contributed by atoms with Gasteiger partial charge in [0.05, 0.1) is 0 Å². The number of allylic oxidation sites excluding steroid dienone is 9. The number of hydrogen-bond acceptors (Lipinski definition) is 3. The predicted molar refractivity (Wildman–Crippen MR) is 103 cm³/mol. The van der Waals surface area contributed by atoms with Crippen LogP contribution in [0.15, 0.2) is 58.7 Å². The maximum Gasteiger partial charge on any atom is 0.302 e. The van der Waals surface area contributed by atoms with Gasteiger partial charge in [0.15, 0.2) is 5.78 Å². The fraction of sp³-hybridized carbons (Fsp3) is 0.455. The Morgan fingerprint density at radius 3 is 2.48 bits per heavy atom. The van der Waals surface area contributed by atoms with Crippen molar-refractivity contribution in [3.63, 3.8) is 0 Å². The third-order valence-corrected chi connectivity index (χ3v) is 4.45. The molecule has 1 rings (SSSR count). The van der Waals surface area contributed by atoms with E-state index in [-0.39, 0.29) is 17.2 Å². The quantitative estimate of drug-likeness (QED) is 0.488. The van der Waals surface area contributed by atoms with Crippen LogP contribution in [-0.2, 0) is 14.3 Å². The molecule has 0 saturated carbocycles. The molecular weight excluding hydrogens is 312 g/mol. The topological polar surface area (TPSA) is 43.4 Å². The van der Waals surface area contributed by atoms with Crippen LogP contribution in [0.25, 0.3) is 0 Å². The van der Waals surface area contributed by atoms with E-state index in [4.69, 9.17) is 4.74 Å². The van der Waals surface area contributed by atoms with Gasteiger partial charge >= 0.3 is 5.97 Å². The minimum atomic E-state index is -0.275. The van der Waals surface area contributed by atoms with Crippen LogP contribution in [0.1, 0.15) is 54.4 Å². The fourth-order valence-corrected chi connectivity index (χ4v) is 2.74. The SMILES string of the molecule is CC(=O)OCC=C(C)C=CC=C(C)C=CC1=C(C)C(=O)CCC1(C)C. The van der Waals surface area contributed by atoms with Crippen molar-refractivity contribution in [1.29, 1.82) is 0 Å². The Balaban J connectivity index is 2.75. The largest absolute Gasteiger partial charge is 0.462 e. The summed E-state index contributed by atoms with van der Waals surface area (Å²) in [6, 6.07) is 0. The second-order valence-corrected chi connectivity index (χ2v) is 7.20. The molecule has 0 bridgehead atoms. The monoisotopic (exact) mass is 342 g/mol. The molecule has 0 aromatic carbocycles. The molecule has 0 heterocycles. The van der Waals surface area contributed by atoms with E-state index in [1.54, 1.807) is 0 Å². The maximum atomic E-state index is 12.0. The maximum absolute atomic E-state index is 12.0. The summed E-state index contributed by atoms with van der Waals surface area (Å²) in [5.41, 5.74) is 4.21. The number of Topliss-reactive ketones (excluding diaryl/α,β-unsaturated/α-hetero) is 1. The number of rotatable bonds is 6. The molecule has 0 atom stereocenters. The van der Waals surface area contributed by atoms with Crippen molar-refractivity contribution in [2.45, 2.75) is 54.4 Å². The third-order valence-electron chi connectivity index (χ3n) is 4.45. The van der Waals surface area contributed by atoms with Gasteiger partial charge in [-0.05, 0) is 49.8 Å². The highest BCUT2D eigenvalue weighted by Gasteiger charge is 2.30. The van der Waals surface area contributed by atoms with Crippen molar-refractivity contribution in [2.75, 3.05) is 6.61 Å². The van der Waals surface area contributed by atoms with Crippen LogP contribution in [0.4, 0.5) is 0 Å². The first-order valence-electron chi connectivity index (χ1n) is 8.71. The highest BCUT2D eigenvalue weighted by Crippen LogP contribution is 2.39. The lowest BCUT2D eigenvalue weighted by molar-refractivity contribution is -0.139. The van der Waals surface area contributed by atoms with Crippen molar-refractivity contribution in [1.82, 2.24) is 0 Å². The van der Waals surface area contributed by atoms with Crippen LogP contribution in [0, 0.1) is 5.41 Å². The van der Waals surface area contributed by atoms with E-state index in [0.717, 1.165) is 28.7 Å². The zero-order valence-corrected chi connectivity index (χ0v) is 16.3. The zero-order valence-electron chi connectivity index (χ0n) is 16.3. The second-order valence-electron chi connectivity index (χ2n) is 7.20. The van der Waals surface area contributed by atoms with Gasteiger partial charge in [0.25, 0.3) is 0 Å². The Labute approximate surface area is 151 Å². The van der Waals surface area contributed by atoms with Gasteiger partial charge in [0.2, 0.25) is 0 Å². The summed E-state index contributed by atoms with van der Waals surface area (Å²) in [7, 11) is 0. The van der Waals surface area contributed by atoms with Crippen molar-refractivity contribution < 1.29 is 14.3 Å². The predicted octanol–water partition coefficient (Wildman–Crippen LogP) is 5.26. The van der Waals surface area contributed by atoms with Gasteiger partial charge < -0.3 is 4.74 Å². The molecule has 0 aromatic heterocycles. The molecule has 0 saturated heterocycles. The summed E-state index contributed by atoms with van der Waals surface area (Å²) >= 11 is 0. The molecule has 0 unspecified atom stereocenters. The molecule has 25 heavy (non-hydrogen) atoms. The molecule has 3 heteroatoms. The minimum Gasteiger partial charge on any atom is -0.462 e. The van der Waals surface area contributed by atoms with E-state index in [1.807, 2.05) is 45.1 Å². The second kappa shape index (κ2) is 9.36. The number of carbonyl (C=O) groups excluding carboxylic acids is 2. The fourth-order valence-electron chi connectivity index (χ4n) is 2.74. The van der Waals surface area contributed by atoms with Crippen molar-refractivity contribution in [2.24, 2.45) is 5.41 Å². The number of carbonyl (C=O) groups is 2. The van der Waals surface area contributed by atoms with Crippen LogP contribution in [-0.4, -0.2) is 18.4 Å². The lowest BCUT2D eigenvalue weighted by Gasteiger charge is -2.32. The van der Waals surface area contributed by atoms with Gasteiger partial charge in [-0.15, -0.1) is 0 Å². The molecule has 0 radical (unpaired) electrons. The minimum absolute atomic E-state index is 0.0423. The number of esters is 1. The van der Waals surface area contributed by atoms with Gasteiger partial charge in [0.1, 0.15) is 6.61 Å². The van der Waals surface area contributed by atoms with Crippen molar-refractivity contribution in [3.8, 4) is 0 Å². The smallest absolute Gasteiger partial charge is 0.302 e. The van der Waals surface area contributed by atoms with E-state index in [9.17, 15) is 9.59 Å². The first kappa shape index (κ1) is 20.9. The molecular formula is C22H30O3. The van der Waals surface area contributed by atoms with Gasteiger partial charge in [-0.2, -0.15) is 0 Å². The summed E-state index contributed by atoms with van der Waals surface area (Å²) in [5, 5.41) is 0. The highest BCUT2D eigenvalue weighted by molar-refractivity contribution is 5.97. The molecule has 0 spiro atoms. The standard InChI is InChI=1S/C22H30O3/c1-16(8-7-9-17(2)13-15-25-19(4)23)10-11-20-18(3)21(24)12-14-22(20,5)6/h7-11,13H,12,14-15H2,1-6H3. The van der Waals surface area contributed by atoms with E-state index >= 15 is 0 Å². The Morgan fingerprint density at radius 1 is 1.16 bits per heavy atom. The summed E-state index contributed by atoms with van der Waals surface area (Å²) in [5.74, 6) is -0.0170. The number of hydrogen-bond donors (Lipinski definition) is 0. The van der Waals surface area contributed by atoms with Gasteiger partial charge in [-0.1, -0.05) is 55.4 Å². The Bertz CT molecular complexity index is 667. The Hall–Kier alpha value is -2.16. The molecule has 1 aliphatic carbocycles. The summed E-state index contributed by atoms with van der Waals surface area (Å²) in [4.78, 5) is 22.7. The molecule has 0 fully saturated rings. The van der Waals surface area contributed by atoms with E-state index in [0.29, 0.717) is 13.0 Å². The van der Waals surface area contributed by atoms with Gasteiger partial charge in [-0.3, -0.25) is 9.59 Å². The highest BCUT2D eigenvalue weighted by atomic mass is 16.5. The first-order valence-corrected chi connectivity index (χ1v) is 8.71. The molecule has 0 aromatic rings. The first-order chi connectivity index (χ1) is 11.6. The molecule has 0 aliphatic heterocycles. The van der Waals surface area contributed by atoms with Crippen molar-refractivity contribution >= 4 is 11.8 Å². The third kappa shape index (κ3) is 7.08. The lowest BCUT2D eigenvalue weighted by atomic mass is 9.72. The van der Waals surface area contributed by atoms with Gasteiger partial charge in [-0.25, -0.2) is 0 Å². The van der Waals surface area contributed by atoms with E-state index in [2.05, 4.69) is 26.0 Å². The van der Waals surface area contributed by atoms with E-state index < -0.39 is 0 Å². The van der Waals surface area contributed by atoms with Crippen LogP contribution in [0.3, 0.4) is 0 Å². The van der Waals surface area contributed by atoms with Crippen LogP contribution < -0.4 is 0 Å². The van der Waals surface area contributed by atoms with E-state index in [1.165, 1.54) is 6.92 Å². The van der Waals surface area contributed by atoms with Crippen molar-refractivity contribution in [3.05, 3.63) is 58.7 Å². The average molecular weight is 342 g/mol. The summed E-state index contributed by atoms with van der Waals surface area (Å²) in [6.07, 6.45) is 13.5. The molecule has 136 valence electrons. The summed E-state index contributed by atoms with van der Waals surface area (Å²) < 4.78 is 4.88.